The minimum atomic E-state index is -0.566. The number of carbonyl (C=O) groups is 3. The number of nitriles is 1. The molecule has 3 aromatic rings. The minimum absolute atomic E-state index is 0.177. The highest BCUT2D eigenvalue weighted by molar-refractivity contribution is 8.18. The SMILES string of the molecule is CCOc1cc(/C=C2/SC(=O)N(CC(=O)Nc3ccc4c(c3)OCCO4)C2=O)ccc1OCc1ccccc1C#N. The van der Waals surface area contributed by atoms with E-state index in [2.05, 4.69) is 11.4 Å². The van der Waals surface area contributed by atoms with Crippen molar-refractivity contribution in [1.82, 2.24) is 4.90 Å². The standard InChI is InChI=1S/C30H25N3O7S/c1-2-37-25-13-19(7-9-24(25)40-18-21-6-4-3-5-20(21)16-31)14-27-29(35)33(30(36)41-27)17-28(34)32-22-8-10-23-26(15-22)39-12-11-38-23/h3-10,13-15H,2,11-12,17-18H2,1H3,(H,32,34)/b27-14+. The van der Waals surface area contributed by atoms with Crippen LogP contribution in [0, 0.1) is 11.3 Å². The van der Waals surface area contributed by atoms with Gasteiger partial charge in [-0.15, -0.1) is 0 Å². The number of imide groups is 1. The van der Waals surface area contributed by atoms with Gasteiger partial charge in [-0.05, 0) is 60.7 Å². The van der Waals surface area contributed by atoms with Crippen LogP contribution in [0.1, 0.15) is 23.6 Å². The van der Waals surface area contributed by atoms with Gasteiger partial charge in [0.2, 0.25) is 5.91 Å². The molecule has 2 aliphatic rings. The Hall–Kier alpha value is -4.95. The average Bonchev–Trinajstić information content (AvgIpc) is 3.24. The van der Waals surface area contributed by atoms with Crippen molar-refractivity contribution in [1.29, 1.82) is 5.26 Å². The van der Waals surface area contributed by atoms with Crippen molar-refractivity contribution in [3.63, 3.8) is 0 Å². The summed E-state index contributed by atoms with van der Waals surface area (Å²) in [5.74, 6) is 0.932. The highest BCUT2D eigenvalue weighted by atomic mass is 32.2. The molecule has 1 N–H and O–H groups in total. The first-order valence-corrected chi connectivity index (χ1v) is 13.6. The molecule has 11 heteroatoms. The molecular formula is C30H25N3O7S. The Morgan fingerprint density at radius 3 is 2.66 bits per heavy atom. The average molecular weight is 572 g/mol. The van der Waals surface area contributed by atoms with E-state index in [1.807, 2.05) is 19.1 Å². The molecule has 41 heavy (non-hydrogen) atoms. The summed E-state index contributed by atoms with van der Waals surface area (Å²) >= 11 is 0.758. The Morgan fingerprint density at radius 2 is 1.85 bits per heavy atom. The summed E-state index contributed by atoms with van der Waals surface area (Å²) in [5, 5.41) is 11.5. The molecule has 2 heterocycles. The Bertz CT molecular complexity index is 1580. The fourth-order valence-electron chi connectivity index (χ4n) is 4.17. The molecular weight excluding hydrogens is 546 g/mol. The lowest BCUT2D eigenvalue weighted by Gasteiger charge is -2.19. The Kier molecular flexibility index (Phi) is 8.41. The van der Waals surface area contributed by atoms with Gasteiger partial charge in [-0.2, -0.15) is 5.26 Å². The van der Waals surface area contributed by atoms with E-state index in [1.165, 1.54) is 0 Å². The third-order valence-corrected chi connectivity index (χ3v) is 6.99. The van der Waals surface area contributed by atoms with Crippen LogP contribution in [0.4, 0.5) is 10.5 Å². The number of nitrogens with zero attached hydrogens (tertiary/aromatic N) is 2. The van der Waals surface area contributed by atoms with E-state index in [4.69, 9.17) is 18.9 Å². The molecule has 208 valence electrons. The van der Waals surface area contributed by atoms with Gasteiger partial charge in [-0.3, -0.25) is 19.3 Å². The summed E-state index contributed by atoms with van der Waals surface area (Å²) in [6, 6.07) is 19.4. The van der Waals surface area contributed by atoms with Crippen LogP contribution in [0.15, 0.2) is 65.6 Å². The second kappa shape index (κ2) is 12.5. The molecule has 0 atom stereocenters. The largest absolute Gasteiger partial charge is 0.490 e. The van der Waals surface area contributed by atoms with E-state index in [0.717, 1.165) is 22.2 Å². The van der Waals surface area contributed by atoms with Crippen molar-refractivity contribution >= 4 is 40.6 Å². The first kappa shape index (κ1) is 27.6. The van der Waals surface area contributed by atoms with Crippen LogP contribution < -0.4 is 24.3 Å². The summed E-state index contributed by atoms with van der Waals surface area (Å²) < 4.78 is 22.7. The summed E-state index contributed by atoms with van der Waals surface area (Å²) in [7, 11) is 0. The molecule has 3 amide bonds. The predicted molar refractivity (Wildman–Crippen MR) is 152 cm³/mol. The fourth-order valence-corrected chi connectivity index (χ4v) is 5.00. The second-order valence-corrected chi connectivity index (χ2v) is 9.86. The molecule has 2 aliphatic heterocycles. The number of amides is 3. The Labute approximate surface area is 240 Å². The van der Waals surface area contributed by atoms with Gasteiger partial charge in [0.05, 0.1) is 23.1 Å². The van der Waals surface area contributed by atoms with Gasteiger partial charge in [0.1, 0.15) is 26.4 Å². The third kappa shape index (κ3) is 6.45. The number of fused-ring (bicyclic) bond motifs is 1. The van der Waals surface area contributed by atoms with Crippen LogP contribution in [0.5, 0.6) is 23.0 Å². The summed E-state index contributed by atoms with van der Waals surface area (Å²) in [4.78, 5) is 39.3. The van der Waals surface area contributed by atoms with Crippen molar-refractivity contribution in [2.75, 3.05) is 31.7 Å². The first-order chi connectivity index (χ1) is 19.9. The van der Waals surface area contributed by atoms with E-state index < -0.39 is 23.6 Å². The van der Waals surface area contributed by atoms with Gasteiger partial charge in [-0.1, -0.05) is 24.3 Å². The van der Waals surface area contributed by atoms with Crippen LogP contribution in [0.3, 0.4) is 0 Å². The molecule has 5 rings (SSSR count). The number of rotatable bonds is 9. The molecule has 0 saturated carbocycles. The topological polar surface area (TPSA) is 127 Å². The van der Waals surface area contributed by atoms with Crippen molar-refractivity contribution in [2.45, 2.75) is 13.5 Å². The summed E-state index contributed by atoms with van der Waals surface area (Å²) in [6.07, 6.45) is 1.57. The van der Waals surface area contributed by atoms with Gasteiger partial charge in [0, 0.05) is 17.3 Å². The van der Waals surface area contributed by atoms with E-state index in [0.29, 0.717) is 59.6 Å². The van der Waals surface area contributed by atoms with Crippen LogP contribution in [0.25, 0.3) is 6.08 Å². The number of nitrogens with one attached hydrogen (secondary N) is 1. The number of carbonyl (C=O) groups excluding carboxylic acids is 3. The van der Waals surface area contributed by atoms with Crippen molar-refractivity contribution in [3.05, 3.63) is 82.3 Å². The minimum Gasteiger partial charge on any atom is -0.490 e. The van der Waals surface area contributed by atoms with Crippen molar-refractivity contribution in [3.8, 4) is 29.1 Å². The molecule has 10 nitrogen and oxygen atoms in total. The summed E-state index contributed by atoms with van der Waals surface area (Å²) in [5.41, 5.74) is 2.35. The third-order valence-electron chi connectivity index (χ3n) is 6.09. The molecule has 0 unspecified atom stereocenters. The number of hydrogen-bond donors (Lipinski definition) is 1. The van der Waals surface area contributed by atoms with Gasteiger partial charge >= 0.3 is 0 Å². The van der Waals surface area contributed by atoms with Gasteiger partial charge in [0.25, 0.3) is 11.1 Å². The second-order valence-electron chi connectivity index (χ2n) is 8.87. The highest BCUT2D eigenvalue weighted by Crippen LogP contribution is 2.36. The lowest BCUT2D eigenvalue weighted by atomic mass is 10.1. The molecule has 1 fully saturated rings. The lowest BCUT2D eigenvalue weighted by Crippen LogP contribution is -2.36. The quantitative estimate of drug-likeness (QED) is 0.354. The molecule has 3 aromatic carbocycles. The molecule has 1 saturated heterocycles. The number of hydrogen-bond acceptors (Lipinski definition) is 9. The molecule has 0 aliphatic carbocycles. The highest BCUT2D eigenvalue weighted by Gasteiger charge is 2.36. The number of thioether (sulfide) groups is 1. The molecule has 0 bridgehead atoms. The Balaban J connectivity index is 1.25. The zero-order valence-electron chi connectivity index (χ0n) is 22.0. The van der Waals surface area contributed by atoms with E-state index in [1.54, 1.807) is 54.6 Å². The fraction of sp³-hybridized carbons (Fsp3) is 0.200. The maximum atomic E-state index is 13.0. The maximum absolute atomic E-state index is 13.0. The van der Waals surface area contributed by atoms with E-state index >= 15 is 0 Å². The smallest absolute Gasteiger partial charge is 0.294 e. The monoisotopic (exact) mass is 571 g/mol. The van der Waals surface area contributed by atoms with Crippen molar-refractivity contribution in [2.24, 2.45) is 0 Å². The molecule has 0 spiro atoms. The number of ether oxygens (including phenoxy) is 4. The number of anilines is 1. The molecule has 0 radical (unpaired) electrons. The summed E-state index contributed by atoms with van der Waals surface area (Å²) in [6.45, 7) is 2.82. The first-order valence-electron chi connectivity index (χ1n) is 12.8. The van der Waals surface area contributed by atoms with Gasteiger partial charge in [0.15, 0.2) is 23.0 Å². The zero-order valence-corrected chi connectivity index (χ0v) is 22.9. The number of benzene rings is 3. The predicted octanol–water partition coefficient (Wildman–Crippen LogP) is 4.98. The Morgan fingerprint density at radius 1 is 1.05 bits per heavy atom. The van der Waals surface area contributed by atoms with E-state index in [-0.39, 0.29) is 11.5 Å². The van der Waals surface area contributed by atoms with Crippen LogP contribution in [-0.2, 0) is 16.2 Å². The van der Waals surface area contributed by atoms with Gasteiger partial charge in [-0.25, -0.2) is 0 Å². The van der Waals surface area contributed by atoms with Gasteiger partial charge < -0.3 is 24.3 Å². The van der Waals surface area contributed by atoms with E-state index in [9.17, 15) is 19.6 Å². The van der Waals surface area contributed by atoms with Crippen LogP contribution in [-0.4, -0.2) is 48.3 Å². The van der Waals surface area contributed by atoms with Crippen molar-refractivity contribution < 1.29 is 33.3 Å². The normalized spacial score (nSPS) is 15.0. The zero-order chi connectivity index (χ0) is 28.8. The lowest BCUT2D eigenvalue weighted by molar-refractivity contribution is -0.127. The molecule has 0 aromatic heterocycles. The van der Waals surface area contributed by atoms with Crippen LogP contribution >= 0.6 is 11.8 Å². The maximum Gasteiger partial charge on any atom is 0.294 e. The van der Waals surface area contributed by atoms with Crippen LogP contribution in [0.2, 0.25) is 0 Å².